The van der Waals surface area contributed by atoms with E-state index in [1.807, 2.05) is 49.6 Å². The molecule has 0 N–H and O–H groups in total. The number of thiazole rings is 1. The standard InChI is InChI=1S/C18H17N3O2S/c1-3-20-17(14-7-5-9-16(11-14)21(22)23)12-24-18(20)19-15-8-4-6-13(2)10-15/h4-12H,3H2,1-2H3. The van der Waals surface area contributed by atoms with Gasteiger partial charge in [-0.3, -0.25) is 10.1 Å². The van der Waals surface area contributed by atoms with Gasteiger partial charge in [0.05, 0.1) is 16.3 Å². The number of hydrogen-bond acceptors (Lipinski definition) is 4. The Morgan fingerprint density at radius 2 is 2.00 bits per heavy atom. The molecule has 3 aromatic rings. The van der Waals surface area contributed by atoms with Gasteiger partial charge in [-0.15, -0.1) is 11.3 Å². The van der Waals surface area contributed by atoms with Crippen LogP contribution in [0, 0.1) is 17.0 Å². The topological polar surface area (TPSA) is 60.4 Å². The van der Waals surface area contributed by atoms with E-state index in [9.17, 15) is 10.1 Å². The third-order valence-corrected chi connectivity index (χ3v) is 4.56. The predicted molar refractivity (Wildman–Crippen MR) is 96.5 cm³/mol. The lowest BCUT2D eigenvalue weighted by Gasteiger charge is -2.06. The van der Waals surface area contributed by atoms with Gasteiger partial charge < -0.3 is 4.57 Å². The van der Waals surface area contributed by atoms with Crippen molar-refractivity contribution in [1.82, 2.24) is 4.57 Å². The molecule has 0 saturated heterocycles. The summed E-state index contributed by atoms with van der Waals surface area (Å²) in [5.74, 6) is 0. The van der Waals surface area contributed by atoms with Gasteiger partial charge in [-0.1, -0.05) is 24.3 Å². The van der Waals surface area contributed by atoms with Gasteiger partial charge in [0, 0.05) is 29.6 Å². The Balaban J connectivity index is 2.11. The highest BCUT2D eigenvalue weighted by molar-refractivity contribution is 7.07. The fourth-order valence-electron chi connectivity index (χ4n) is 2.54. The van der Waals surface area contributed by atoms with Crippen molar-refractivity contribution in [3.63, 3.8) is 0 Å². The van der Waals surface area contributed by atoms with Crippen LogP contribution in [0.1, 0.15) is 12.5 Å². The van der Waals surface area contributed by atoms with Crippen molar-refractivity contribution in [2.75, 3.05) is 0 Å². The molecule has 0 saturated carbocycles. The molecule has 24 heavy (non-hydrogen) atoms. The van der Waals surface area contributed by atoms with Gasteiger partial charge >= 0.3 is 0 Å². The molecule has 2 aromatic carbocycles. The Kier molecular flexibility index (Phi) is 4.57. The highest BCUT2D eigenvalue weighted by Gasteiger charge is 2.11. The molecule has 0 fully saturated rings. The molecule has 1 aromatic heterocycles. The molecule has 122 valence electrons. The van der Waals surface area contributed by atoms with Crippen LogP contribution >= 0.6 is 11.3 Å². The first-order valence-electron chi connectivity index (χ1n) is 7.63. The Morgan fingerprint density at radius 1 is 1.21 bits per heavy atom. The summed E-state index contributed by atoms with van der Waals surface area (Å²) in [6, 6.07) is 14.7. The maximum Gasteiger partial charge on any atom is 0.270 e. The molecule has 0 unspecified atom stereocenters. The molecule has 0 atom stereocenters. The highest BCUT2D eigenvalue weighted by Crippen LogP contribution is 2.24. The molecule has 0 aliphatic carbocycles. The number of nitro groups is 1. The van der Waals surface area contributed by atoms with E-state index < -0.39 is 0 Å². The van der Waals surface area contributed by atoms with Crippen LogP contribution in [0.3, 0.4) is 0 Å². The molecule has 5 nitrogen and oxygen atoms in total. The van der Waals surface area contributed by atoms with Crippen molar-refractivity contribution in [3.8, 4) is 11.3 Å². The Bertz CT molecular complexity index is 957. The Hall–Kier alpha value is -2.73. The van der Waals surface area contributed by atoms with Crippen molar-refractivity contribution in [1.29, 1.82) is 0 Å². The number of benzene rings is 2. The van der Waals surface area contributed by atoms with Crippen LogP contribution in [0.25, 0.3) is 11.3 Å². The molecular formula is C18H17N3O2S. The molecule has 3 rings (SSSR count). The van der Waals surface area contributed by atoms with Gasteiger partial charge in [0.2, 0.25) is 0 Å². The SMILES string of the molecule is CCn1c(-c2cccc([N+](=O)[O-])c2)csc1=Nc1cccc(C)c1. The predicted octanol–water partition coefficient (Wildman–Crippen LogP) is 4.69. The lowest BCUT2D eigenvalue weighted by Crippen LogP contribution is -2.14. The Labute approximate surface area is 143 Å². The van der Waals surface area contributed by atoms with E-state index in [4.69, 9.17) is 4.99 Å². The zero-order chi connectivity index (χ0) is 17.1. The number of non-ortho nitro benzene ring substituents is 1. The minimum absolute atomic E-state index is 0.0959. The molecule has 0 aliphatic heterocycles. The van der Waals surface area contributed by atoms with Crippen LogP contribution in [0.15, 0.2) is 58.9 Å². The summed E-state index contributed by atoms with van der Waals surface area (Å²) in [6.45, 7) is 4.82. The molecule has 0 bridgehead atoms. The minimum atomic E-state index is -0.371. The second kappa shape index (κ2) is 6.80. The van der Waals surface area contributed by atoms with Gasteiger partial charge in [-0.25, -0.2) is 4.99 Å². The normalized spacial score (nSPS) is 11.7. The second-order valence-electron chi connectivity index (χ2n) is 5.41. The second-order valence-corrected chi connectivity index (χ2v) is 6.24. The van der Waals surface area contributed by atoms with Crippen LogP contribution in [-0.2, 0) is 6.54 Å². The van der Waals surface area contributed by atoms with Crippen LogP contribution in [0.4, 0.5) is 11.4 Å². The number of aromatic nitrogens is 1. The summed E-state index contributed by atoms with van der Waals surface area (Å²) in [7, 11) is 0. The molecule has 6 heteroatoms. The van der Waals surface area contributed by atoms with Crippen molar-refractivity contribution < 1.29 is 4.92 Å². The number of nitro benzene ring substituents is 1. The van der Waals surface area contributed by atoms with E-state index >= 15 is 0 Å². The molecular weight excluding hydrogens is 322 g/mol. The number of rotatable bonds is 4. The third-order valence-electron chi connectivity index (χ3n) is 3.69. The summed E-state index contributed by atoms with van der Waals surface area (Å²) in [5.41, 5.74) is 3.93. The fraction of sp³-hybridized carbons (Fsp3) is 0.167. The Morgan fingerprint density at radius 3 is 2.71 bits per heavy atom. The van der Waals surface area contributed by atoms with Gasteiger partial charge in [0.1, 0.15) is 0 Å². The summed E-state index contributed by atoms with van der Waals surface area (Å²) in [4.78, 5) is 16.2. The van der Waals surface area contributed by atoms with E-state index in [0.29, 0.717) is 0 Å². The van der Waals surface area contributed by atoms with Gasteiger partial charge in [0.25, 0.3) is 5.69 Å². The fourth-order valence-corrected chi connectivity index (χ4v) is 3.53. The smallest absolute Gasteiger partial charge is 0.270 e. The molecule has 0 aliphatic rings. The first-order valence-corrected chi connectivity index (χ1v) is 8.51. The van der Waals surface area contributed by atoms with Crippen molar-refractivity contribution in [2.24, 2.45) is 4.99 Å². The van der Waals surface area contributed by atoms with Crippen LogP contribution in [0.5, 0.6) is 0 Å². The monoisotopic (exact) mass is 339 g/mol. The zero-order valence-corrected chi connectivity index (χ0v) is 14.3. The summed E-state index contributed by atoms with van der Waals surface area (Å²) in [6.07, 6.45) is 0. The van der Waals surface area contributed by atoms with Crippen molar-refractivity contribution in [3.05, 3.63) is 74.4 Å². The molecule has 0 amide bonds. The molecule has 0 spiro atoms. The third kappa shape index (κ3) is 3.28. The van der Waals surface area contributed by atoms with Crippen LogP contribution in [0.2, 0.25) is 0 Å². The quantitative estimate of drug-likeness (QED) is 0.511. The zero-order valence-electron chi connectivity index (χ0n) is 13.5. The number of aryl methyl sites for hydroxylation is 1. The van der Waals surface area contributed by atoms with Crippen molar-refractivity contribution in [2.45, 2.75) is 20.4 Å². The maximum absolute atomic E-state index is 11.0. The van der Waals surface area contributed by atoms with Crippen molar-refractivity contribution >= 4 is 22.7 Å². The molecule has 0 radical (unpaired) electrons. The van der Waals surface area contributed by atoms with E-state index in [0.717, 1.165) is 33.9 Å². The van der Waals surface area contributed by atoms with Gasteiger partial charge in [-0.2, -0.15) is 0 Å². The minimum Gasteiger partial charge on any atom is -0.317 e. The summed E-state index contributed by atoms with van der Waals surface area (Å²) < 4.78 is 2.08. The van der Waals surface area contributed by atoms with Gasteiger partial charge in [0.15, 0.2) is 4.80 Å². The van der Waals surface area contributed by atoms with E-state index in [1.165, 1.54) is 17.4 Å². The average Bonchev–Trinajstić information content (AvgIpc) is 2.97. The van der Waals surface area contributed by atoms with E-state index in [2.05, 4.69) is 4.57 Å². The number of hydrogen-bond donors (Lipinski definition) is 0. The largest absolute Gasteiger partial charge is 0.317 e. The lowest BCUT2D eigenvalue weighted by molar-refractivity contribution is -0.384. The van der Waals surface area contributed by atoms with E-state index in [1.54, 1.807) is 12.1 Å². The van der Waals surface area contributed by atoms with Crippen LogP contribution < -0.4 is 4.80 Å². The first kappa shape index (κ1) is 16.1. The average molecular weight is 339 g/mol. The molecule has 1 heterocycles. The lowest BCUT2D eigenvalue weighted by atomic mass is 10.1. The van der Waals surface area contributed by atoms with E-state index in [-0.39, 0.29) is 10.6 Å². The van der Waals surface area contributed by atoms with Crippen LogP contribution in [-0.4, -0.2) is 9.49 Å². The first-order chi connectivity index (χ1) is 11.6. The summed E-state index contributed by atoms with van der Waals surface area (Å²) >= 11 is 1.54. The maximum atomic E-state index is 11.0. The van der Waals surface area contributed by atoms with Gasteiger partial charge in [-0.05, 0) is 31.5 Å². The highest BCUT2D eigenvalue weighted by atomic mass is 32.1. The number of nitrogens with zero attached hydrogens (tertiary/aromatic N) is 3. The summed E-state index contributed by atoms with van der Waals surface area (Å²) in [5, 5.41) is 13.0.